The van der Waals surface area contributed by atoms with E-state index in [0.29, 0.717) is 24.7 Å². The molecular weight excluding hydrogens is 260 g/mol. The molecule has 3 atom stereocenters. The normalized spacial score (nSPS) is 28.3. The fraction of sp³-hybridized carbons (Fsp3) is 0.600. The fourth-order valence-electron chi connectivity index (χ4n) is 2.24. The zero-order valence-electron chi connectivity index (χ0n) is 11.9. The minimum Gasteiger partial charge on any atom is -0.462 e. The van der Waals surface area contributed by atoms with Gasteiger partial charge in [0, 0.05) is 5.57 Å². The maximum Gasteiger partial charge on any atom is 0.337 e. The Kier molecular flexibility index (Phi) is 4.60. The molecule has 1 aliphatic carbocycles. The third-order valence-electron chi connectivity index (χ3n) is 3.58. The van der Waals surface area contributed by atoms with Crippen LogP contribution in [0.1, 0.15) is 33.1 Å². The largest absolute Gasteiger partial charge is 0.462 e. The van der Waals surface area contributed by atoms with Crippen molar-refractivity contribution in [3.05, 3.63) is 24.0 Å². The fourth-order valence-corrected chi connectivity index (χ4v) is 2.24. The molecule has 0 aromatic carbocycles. The van der Waals surface area contributed by atoms with Crippen LogP contribution in [0.15, 0.2) is 24.0 Å². The van der Waals surface area contributed by atoms with Crippen LogP contribution in [0.2, 0.25) is 0 Å². The lowest BCUT2D eigenvalue weighted by Gasteiger charge is -2.18. The number of ether oxygens (including phenoxy) is 3. The van der Waals surface area contributed by atoms with Crippen molar-refractivity contribution in [2.45, 2.75) is 45.3 Å². The molecule has 1 saturated heterocycles. The molecule has 5 heteroatoms. The molecule has 5 nitrogen and oxygen atoms in total. The lowest BCUT2D eigenvalue weighted by molar-refractivity contribution is -0.140. The molecule has 2 fully saturated rings. The van der Waals surface area contributed by atoms with Crippen molar-refractivity contribution in [1.29, 1.82) is 0 Å². The summed E-state index contributed by atoms with van der Waals surface area (Å²) in [5.41, 5.74) is 0.541. The molecule has 110 valence electrons. The highest BCUT2D eigenvalue weighted by molar-refractivity contribution is 5.90. The van der Waals surface area contributed by atoms with Gasteiger partial charge in [-0.3, -0.25) is 0 Å². The van der Waals surface area contributed by atoms with E-state index in [1.165, 1.54) is 0 Å². The lowest BCUT2D eigenvalue weighted by Crippen LogP contribution is -2.20. The summed E-state index contributed by atoms with van der Waals surface area (Å²) >= 11 is 0. The summed E-state index contributed by atoms with van der Waals surface area (Å²) in [5, 5.41) is 0. The minimum atomic E-state index is -0.554. The second kappa shape index (κ2) is 6.22. The van der Waals surface area contributed by atoms with Gasteiger partial charge in [0.15, 0.2) is 0 Å². The number of carbonyl (C=O) groups is 2. The standard InChI is InChI=1S/C15H20O5/c1-9(2)14(16)18-7-10(3)15(17)19-8-11-4-5-12-13(6-11)20-12/h7,11-13H,1,4-6,8H2,2-3H3/b10-7+. The topological polar surface area (TPSA) is 65.1 Å². The molecule has 0 bridgehead atoms. The molecule has 1 heterocycles. The number of hydrogen-bond acceptors (Lipinski definition) is 5. The highest BCUT2D eigenvalue weighted by Crippen LogP contribution is 2.39. The highest BCUT2D eigenvalue weighted by atomic mass is 16.6. The van der Waals surface area contributed by atoms with Crippen LogP contribution in [0.25, 0.3) is 0 Å². The molecule has 1 aliphatic heterocycles. The Morgan fingerprint density at radius 2 is 2.00 bits per heavy atom. The van der Waals surface area contributed by atoms with Gasteiger partial charge < -0.3 is 14.2 Å². The van der Waals surface area contributed by atoms with Crippen LogP contribution in [-0.4, -0.2) is 30.8 Å². The van der Waals surface area contributed by atoms with Crippen molar-refractivity contribution < 1.29 is 23.8 Å². The van der Waals surface area contributed by atoms with E-state index in [0.717, 1.165) is 25.5 Å². The maximum atomic E-state index is 11.7. The van der Waals surface area contributed by atoms with E-state index in [-0.39, 0.29) is 11.1 Å². The minimum absolute atomic E-state index is 0.260. The summed E-state index contributed by atoms with van der Waals surface area (Å²) in [5.74, 6) is -0.645. The van der Waals surface area contributed by atoms with Gasteiger partial charge in [-0.2, -0.15) is 0 Å². The molecule has 0 amide bonds. The summed E-state index contributed by atoms with van der Waals surface area (Å²) in [6.07, 6.45) is 4.98. The Bertz CT molecular complexity index is 451. The van der Waals surface area contributed by atoms with E-state index in [1.807, 2.05) is 0 Å². The van der Waals surface area contributed by atoms with Crippen LogP contribution < -0.4 is 0 Å². The summed E-state index contributed by atoms with van der Waals surface area (Å²) in [7, 11) is 0. The molecule has 0 N–H and O–H groups in total. The molecule has 0 radical (unpaired) electrons. The third kappa shape index (κ3) is 3.93. The van der Waals surface area contributed by atoms with Crippen molar-refractivity contribution in [3.8, 4) is 0 Å². The second-order valence-corrected chi connectivity index (χ2v) is 5.48. The zero-order chi connectivity index (χ0) is 14.7. The first-order valence-electron chi connectivity index (χ1n) is 6.83. The Morgan fingerprint density at radius 3 is 2.65 bits per heavy atom. The van der Waals surface area contributed by atoms with Crippen LogP contribution in [0.5, 0.6) is 0 Å². The molecule has 20 heavy (non-hydrogen) atoms. The summed E-state index contributed by atoms with van der Waals surface area (Å²) in [4.78, 5) is 22.9. The monoisotopic (exact) mass is 280 g/mol. The van der Waals surface area contributed by atoms with Crippen LogP contribution in [0.3, 0.4) is 0 Å². The van der Waals surface area contributed by atoms with Crippen LogP contribution in [0, 0.1) is 5.92 Å². The molecule has 3 unspecified atom stereocenters. The van der Waals surface area contributed by atoms with Gasteiger partial charge in [0.25, 0.3) is 0 Å². The first kappa shape index (κ1) is 14.8. The van der Waals surface area contributed by atoms with Gasteiger partial charge in [0.05, 0.1) is 24.4 Å². The number of hydrogen-bond donors (Lipinski definition) is 0. The van der Waals surface area contributed by atoms with E-state index in [2.05, 4.69) is 6.58 Å². The van der Waals surface area contributed by atoms with E-state index in [9.17, 15) is 9.59 Å². The van der Waals surface area contributed by atoms with E-state index in [1.54, 1.807) is 13.8 Å². The zero-order valence-corrected chi connectivity index (χ0v) is 11.9. The smallest absolute Gasteiger partial charge is 0.337 e. The Morgan fingerprint density at radius 1 is 1.25 bits per heavy atom. The van der Waals surface area contributed by atoms with E-state index < -0.39 is 11.9 Å². The number of fused-ring (bicyclic) bond motifs is 1. The van der Waals surface area contributed by atoms with Crippen molar-refractivity contribution in [2.24, 2.45) is 5.92 Å². The molecule has 0 spiro atoms. The molecular formula is C15H20O5. The lowest BCUT2D eigenvalue weighted by atomic mass is 9.90. The van der Waals surface area contributed by atoms with Crippen LogP contribution in [0.4, 0.5) is 0 Å². The number of esters is 2. The summed E-state index contributed by atoms with van der Waals surface area (Å²) < 4.78 is 15.4. The third-order valence-corrected chi connectivity index (χ3v) is 3.58. The average molecular weight is 280 g/mol. The second-order valence-electron chi connectivity index (χ2n) is 5.48. The van der Waals surface area contributed by atoms with E-state index >= 15 is 0 Å². The summed E-state index contributed by atoms with van der Waals surface area (Å²) in [6, 6.07) is 0. The maximum absolute atomic E-state index is 11.7. The van der Waals surface area contributed by atoms with Crippen LogP contribution in [-0.2, 0) is 23.8 Å². The first-order chi connectivity index (χ1) is 9.47. The molecule has 2 rings (SSSR count). The molecule has 1 saturated carbocycles. The number of rotatable bonds is 5. The molecule has 0 aromatic heterocycles. The van der Waals surface area contributed by atoms with Gasteiger partial charge in [-0.1, -0.05) is 6.58 Å². The van der Waals surface area contributed by atoms with Gasteiger partial charge >= 0.3 is 11.9 Å². The quantitative estimate of drug-likeness (QED) is 0.334. The van der Waals surface area contributed by atoms with E-state index in [4.69, 9.17) is 14.2 Å². The Balaban J connectivity index is 1.71. The molecule has 0 aromatic rings. The summed E-state index contributed by atoms with van der Waals surface area (Å²) in [6.45, 7) is 6.94. The van der Waals surface area contributed by atoms with Gasteiger partial charge in [-0.15, -0.1) is 0 Å². The highest BCUT2D eigenvalue weighted by Gasteiger charge is 2.43. The Labute approximate surface area is 118 Å². The average Bonchev–Trinajstić information content (AvgIpc) is 3.19. The molecule has 2 aliphatic rings. The number of epoxide rings is 1. The van der Waals surface area contributed by atoms with Crippen molar-refractivity contribution >= 4 is 11.9 Å². The predicted octanol–water partition coefficient (Wildman–Crippen LogP) is 2.12. The van der Waals surface area contributed by atoms with Crippen molar-refractivity contribution in [2.75, 3.05) is 6.61 Å². The van der Waals surface area contributed by atoms with Gasteiger partial charge in [-0.25, -0.2) is 9.59 Å². The van der Waals surface area contributed by atoms with Crippen LogP contribution >= 0.6 is 0 Å². The predicted molar refractivity (Wildman–Crippen MR) is 71.6 cm³/mol. The van der Waals surface area contributed by atoms with Gasteiger partial charge in [-0.05, 0) is 39.0 Å². The van der Waals surface area contributed by atoms with Crippen molar-refractivity contribution in [3.63, 3.8) is 0 Å². The number of carbonyl (C=O) groups excluding carboxylic acids is 2. The van der Waals surface area contributed by atoms with Gasteiger partial charge in [0.2, 0.25) is 0 Å². The van der Waals surface area contributed by atoms with Gasteiger partial charge in [0.1, 0.15) is 6.26 Å². The van der Waals surface area contributed by atoms with Crippen molar-refractivity contribution in [1.82, 2.24) is 0 Å². The Hall–Kier alpha value is -1.62. The SMILES string of the molecule is C=C(C)C(=O)O/C=C(\C)C(=O)OCC1CCC2OC2C1. The first-order valence-corrected chi connectivity index (χ1v) is 6.83.